The molecule has 0 radical (unpaired) electrons. The Kier molecular flexibility index (Phi) is 7.30. The van der Waals surface area contributed by atoms with Gasteiger partial charge in [0.2, 0.25) is 0 Å². The van der Waals surface area contributed by atoms with Gasteiger partial charge in [-0.05, 0) is 54.8 Å². The number of aryl methyl sites for hydroxylation is 2. The number of esters is 1. The second-order valence-corrected chi connectivity index (χ2v) is 6.63. The standard InChI is InChI=1S/C19H19Cl2NO4/c1-12-5-13(2)7-16(6-12)25-11-19(24)26-10-18(23)22-9-14-3-4-15(20)8-17(14)21/h3-8H,9-11H2,1-2H3,(H,22,23). The summed E-state index contributed by atoms with van der Waals surface area (Å²) in [7, 11) is 0. The third kappa shape index (κ3) is 6.58. The predicted molar refractivity (Wildman–Crippen MR) is 101 cm³/mol. The molecule has 0 aliphatic carbocycles. The van der Waals surface area contributed by atoms with Crippen LogP contribution in [0.15, 0.2) is 36.4 Å². The van der Waals surface area contributed by atoms with Gasteiger partial charge in [0.05, 0.1) is 0 Å². The summed E-state index contributed by atoms with van der Waals surface area (Å²) in [4.78, 5) is 23.5. The van der Waals surface area contributed by atoms with Gasteiger partial charge in [0.1, 0.15) is 5.75 Å². The van der Waals surface area contributed by atoms with E-state index in [-0.39, 0.29) is 19.8 Å². The average molecular weight is 396 g/mol. The molecule has 138 valence electrons. The quantitative estimate of drug-likeness (QED) is 0.723. The molecule has 0 atom stereocenters. The number of carbonyl (C=O) groups is 2. The number of hydrogen-bond acceptors (Lipinski definition) is 4. The van der Waals surface area contributed by atoms with Gasteiger partial charge in [-0.25, -0.2) is 4.79 Å². The van der Waals surface area contributed by atoms with Crippen LogP contribution in [0.4, 0.5) is 0 Å². The molecular weight excluding hydrogens is 377 g/mol. The Morgan fingerprint density at radius 2 is 1.69 bits per heavy atom. The molecule has 0 fully saturated rings. The average Bonchev–Trinajstić information content (AvgIpc) is 2.56. The highest BCUT2D eigenvalue weighted by molar-refractivity contribution is 6.35. The van der Waals surface area contributed by atoms with Crippen molar-refractivity contribution in [2.75, 3.05) is 13.2 Å². The number of benzene rings is 2. The van der Waals surface area contributed by atoms with Crippen LogP contribution >= 0.6 is 23.2 Å². The molecule has 2 aromatic rings. The Morgan fingerprint density at radius 1 is 1.00 bits per heavy atom. The zero-order chi connectivity index (χ0) is 19.1. The summed E-state index contributed by atoms with van der Waals surface area (Å²) in [5.74, 6) is -0.471. The van der Waals surface area contributed by atoms with Crippen molar-refractivity contribution in [1.29, 1.82) is 0 Å². The first-order chi connectivity index (χ1) is 12.3. The van der Waals surface area contributed by atoms with Crippen molar-refractivity contribution in [2.45, 2.75) is 20.4 Å². The lowest BCUT2D eigenvalue weighted by Gasteiger charge is -2.09. The maximum absolute atomic E-state index is 11.8. The Bertz CT molecular complexity index is 788. The number of hydrogen-bond donors (Lipinski definition) is 1. The molecule has 0 spiro atoms. The van der Waals surface area contributed by atoms with Crippen molar-refractivity contribution in [3.63, 3.8) is 0 Å². The minimum absolute atomic E-state index is 0.214. The molecular formula is C19H19Cl2NO4. The van der Waals surface area contributed by atoms with Gasteiger partial charge >= 0.3 is 5.97 Å². The molecule has 0 heterocycles. The number of carbonyl (C=O) groups excluding carboxylic acids is 2. The fourth-order valence-corrected chi connectivity index (χ4v) is 2.73. The van der Waals surface area contributed by atoms with Crippen molar-refractivity contribution in [3.8, 4) is 5.75 Å². The van der Waals surface area contributed by atoms with E-state index in [4.69, 9.17) is 32.7 Å². The largest absolute Gasteiger partial charge is 0.482 e. The van der Waals surface area contributed by atoms with Crippen LogP contribution < -0.4 is 10.1 Å². The molecule has 26 heavy (non-hydrogen) atoms. The van der Waals surface area contributed by atoms with Gasteiger partial charge in [0.15, 0.2) is 13.2 Å². The zero-order valence-electron chi connectivity index (χ0n) is 14.5. The van der Waals surface area contributed by atoms with Crippen LogP contribution in [-0.2, 0) is 20.9 Å². The first-order valence-corrected chi connectivity index (χ1v) is 8.66. The Labute approximate surface area is 162 Å². The minimum atomic E-state index is -0.621. The Morgan fingerprint density at radius 3 is 2.35 bits per heavy atom. The molecule has 0 aliphatic rings. The van der Waals surface area contributed by atoms with Crippen molar-refractivity contribution in [1.82, 2.24) is 5.32 Å². The lowest BCUT2D eigenvalue weighted by atomic mass is 10.1. The Balaban J connectivity index is 1.72. The third-order valence-electron chi connectivity index (χ3n) is 3.41. The fraction of sp³-hybridized carbons (Fsp3) is 0.263. The molecule has 0 saturated heterocycles. The highest BCUT2D eigenvalue weighted by Gasteiger charge is 2.10. The SMILES string of the molecule is Cc1cc(C)cc(OCC(=O)OCC(=O)NCc2ccc(Cl)cc2Cl)c1. The first kappa shape index (κ1) is 20.1. The second-order valence-electron chi connectivity index (χ2n) is 5.79. The summed E-state index contributed by atoms with van der Waals surface area (Å²) in [6.07, 6.45) is 0. The predicted octanol–water partition coefficient (Wildman–Crippen LogP) is 3.85. The van der Waals surface area contributed by atoms with E-state index in [9.17, 15) is 9.59 Å². The smallest absolute Gasteiger partial charge is 0.344 e. The van der Waals surface area contributed by atoms with Crippen molar-refractivity contribution in [3.05, 3.63) is 63.1 Å². The number of halogens is 2. The third-order valence-corrected chi connectivity index (χ3v) is 3.99. The summed E-state index contributed by atoms with van der Waals surface area (Å²) in [5, 5.41) is 3.59. The van der Waals surface area contributed by atoms with Crippen LogP contribution in [0.2, 0.25) is 10.0 Å². The van der Waals surface area contributed by atoms with Crippen LogP contribution in [-0.4, -0.2) is 25.1 Å². The molecule has 0 saturated carbocycles. The first-order valence-electron chi connectivity index (χ1n) is 7.91. The van der Waals surface area contributed by atoms with Crippen molar-refractivity contribution < 1.29 is 19.1 Å². The van der Waals surface area contributed by atoms with Gasteiger partial charge in [-0.2, -0.15) is 0 Å². The fourth-order valence-electron chi connectivity index (χ4n) is 2.26. The molecule has 5 nitrogen and oxygen atoms in total. The summed E-state index contributed by atoms with van der Waals surface area (Å²) in [6.45, 7) is 3.44. The summed E-state index contributed by atoms with van der Waals surface area (Å²) in [6, 6.07) is 10.6. The summed E-state index contributed by atoms with van der Waals surface area (Å²) < 4.78 is 10.3. The zero-order valence-corrected chi connectivity index (χ0v) is 16.0. The van der Waals surface area contributed by atoms with Crippen LogP contribution in [0.1, 0.15) is 16.7 Å². The molecule has 0 bridgehead atoms. The molecule has 0 unspecified atom stereocenters. The van der Waals surface area contributed by atoms with Gasteiger partial charge in [-0.15, -0.1) is 0 Å². The van der Waals surface area contributed by atoms with Gasteiger partial charge in [0, 0.05) is 16.6 Å². The number of nitrogens with one attached hydrogen (secondary N) is 1. The highest BCUT2D eigenvalue weighted by Crippen LogP contribution is 2.20. The highest BCUT2D eigenvalue weighted by atomic mass is 35.5. The topological polar surface area (TPSA) is 64.6 Å². The molecule has 0 aromatic heterocycles. The van der Waals surface area contributed by atoms with E-state index in [1.54, 1.807) is 18.2 Å². The maximum Gasteiger partial charge on any atom is 0.344 e. The summed E-state index contributed by atoms with van der Waals surface area (Å²) >= 11 is 11.8. The molecule has 7 heteroatoms. The lowest BCUT2D eigenvalue weighted by Crippen LogP contribution is -2.29. The second kappa shape index (κ2) is 9.46. The van der Waals surface area contributed by atoms with E-state index in [0.29, 0.717) is 21.4 Å². The van der Waals surface area contributed by atoms with E-state index in [0.717, 1.165) is 11.1 Å². The van der Waals surface area contributed by atoms with Gasteiger partial charge in [-0.1, -0.05) is 35.3 Å². The van der Waals surface area contributed by atoms with E-state index in [1.807, 2.05) is 32.0 Å². The molecule has 2 aromatic carbocycles. The lowest BCUT2D eigenvalue weighted by molar-refractivity contribution is -0.150. The molecule has 0 aliphatic heterocycles. The minimum Gasteiger partial charge on any atom is -0.482 e. The van der Waals surface area contributed by atoms with E-state index >= 15 is 0 Å². The van der Waals surface area contributed by atoms with Gasteiger partial charge in [-0.3, -0.25) is 4.79 Å². The summed E-state index contributed by atoms with van der Waals surface area (Å²) in [5.41, 5.74) is 2.79. The van der Waals surface area contributed by atoms with Crippen molar-refractivity contribution >= 4 is 35.1 Å². The molecule has 2 rings (SSSR count). The normalized spacial score (nSPS) is 10.3. The number of rotatable bonds is 7. The number of ether oxygens (including phenoxy) is 2. The Hall–Kier alpha value is -2.24. The number of amides is 1. The van der Waals surface area contributed by atoms with Gasteiger partial charge in [0.25, 0.3) is 5.91 Å². The maximum atomic E-state index is 11.8. The van der Waals surface area contributed by atoms with E-state index in [2.05, 4.69) is 5.32 Å². The molecule has 1 amide bonds. The monoisotopic (exact) mass is 395 g/mol. The van der Waals surface area contributed by atoms with E-state index in [1.165, 1.54) is 0 Å². The van der Waals surface area contributed by atoms with Crippen LogP contribution in [0.5, 0.6) is 5.75 Å². The molecule has 1 N–H and O–H groups in total. The van der Waals surface area contributed by atoms with Crippen LogP contribution in [0, 0.1) is 13.8 Å². The van der Waals surface area contributed by atoms with Gasteiger partial charge < -0.3 is 14.8 Å². The van der Waals surface area contributed by atoms with Crippen LogP contribution in [0.25, 0.3) is 0 Å². The van der Waals surface area contributed by atoms with Crippen molar-refractivity contribution in [2.24, 2.45) is 0 Å². The van der Waals surface area contributed by atoms with E-state index < -0.39 is 11.9 Å². The van der Waals surface area contributed by atoms with Crippen LogP contribution in [0.3, 0.4) is 0 Å².